The smallest absolute Gasteiger partial charge is 0.337 e. The molecule has 1 aromatic carbocycles. The minimum absolute atomic E-state index is 0.288. The number of carbonyl (C=O) groups is 2. The van der Waals surface area contributed by atoms with E-state index in [1.54, 1.807) is 23.9 Å². The third kappa shape index (κ3) is 6.01. The molecule has 1 aliphatic carbocycles. The van der Waals surface area contributed by atoms with Gasteiger partial charge in [0.25, 0.3) is 0 Å². The van der Waals surface area contributed by atoms with Crippen LogP contribution in [0.5, 0.6) is 0 Å². The number of carbonyl (C=O) groups excluding carboxylic acids is 2. The molecule has 0 bridgehead atoms. The molecular weight excluding hydrogens is 496 g/mol. The fourth-order valence-corrected chi connectivity index (χ4v) is 7.12. The van der Waals surface area contributed by atoms with E-state index in [1.165, 1.54) is 44.8 Å². The normalized spacial score (nSPS) is 21.8. The Balaban J connectivity index is 1.13. The van der Waals surface area contributed by atoms with Crippen molar-refractivity contribution in [2.75, 3.05) is 26.7 Å². The van der Waals surface area contributed by atoms with Gasteiger partial charge in [0.05, 0.1) is 12.7 Å². The number of nitrogens with zero attached hydrogens (tertiary/aromatic N) is 4. The van der Waals surface area contributed by atoms with E-state index >= 15 is 0 Å². The highest BCUT2D eigenvalue weighted by Crippen LogP contribution is 2.32. The van der Waals surface area contributed by atoms with Crippen LogP contribution in [-0.4, -0.2) is 76.6 Å². The van der Waals surface area contributed by atoms with E-state index in [-0.39, 0.29) is 12.0 Å². The van der Waals surface area contributed by atoms with E-state index in [2.05, 4.69) is 40.7 Å². The zero-order valence-corrected chi connectivity index (χ0v) is 23.7. The third-order valence-corrected chi connectivity index (χ3v) is 9.37. The van der Waals surface area contributed by atoms with Gasteiger partial charge in [0, 0.05) is 54.9 Å². The van der Waals surface area contributed by atoms with Gasteiger partial charge in [0.15, 0.2) is 0 Å². The van der Waals surface area contributed by atoms with Crippen molar-refractivity contribution in [1.82, 2.24) is 19.7 Å². The van der Waals surface area contributed by atoms with Crippen LogP contribution in [-0.2, 0) is 11.3 Å². The average Bonchev–Trinajstić information content (AvgIpc) is 3.24. The van der Waals surface area contributed by atoms with Crippen LogP contribution in [0.25, 0.3) is 0 Å². The van der Waals surface area contributed by atoms with Crippen molar-refractivity contribution in [1.29, 1.82) is 0 Å². The number of benzene rings is 1. The molecule has 1 atom stereocenters. The first-order valence-electron chi connectivity index (χ1n) is 14.1. The first-order chi connectivity index (χ1) is 18.4. The third-order valence-electron chi connectivity index (χ3n) is 8.43. The highest BCUT2D eigenvalue weighted by atomic mass is 32.2. The Bertz CT molecular complexity index is 1130. The van der Waals surface area contributed by atoms with Crippen LogP contribution in [0.2, 0.25) is 0 Å². The van der Waals surface area contributed by atoms with Gasteiger partial charge in [-0.15, -0.1) is 0 Å². The molecule has 1 unspecified atom stereocenters. The molecule has 3 aliphatic rings. The van der Waals surface area contributed by atoms with Crippen molar-refractivity contribution in [2.24, 2.45) is 0 Å². The van der Waals surface area contributed by atoms with Gasteiger partial charge in [-0.25, -0.2) is 14.6 Å². The topological polar surface area (TPSA) is 66.0 Å². The summed E-state index contributed by atoms with van der Waals surface area (Å²) >= 11 is 1.59. The molecule has 0 radical (unpaired) electrons. The number of hydrogen-bond donors (Lipinski definition) is 0. The molecule has 0 N–H and O–H groups in total. The Labute approximate surface area is 230 Å². The number of amides is 2. The predicted octanol–water partition coefficient (Wildman–Crippen LogP) is 5.75. The van der Waals surface area contributed by atoms with Crippen molar-refractivity contribution in [3.63, 3.8) is 0 Å². The minimum atomic E-state index is -0.327. The Morgan fingerprint density at radius 1 is 1.00 bits per heavy atom. The van der Waals surface area contributed by atoms with Gasteiger partial charge in [0.2, 0.25) is 0 Å². The van der Waals surface area contributed by atoms with E-state index in [0.717, 1.165) is 54.6 Å². The lowest BCUT2D eigenvalue weighted by Crippen LogP contribution is -2.49. The average molecular weight is 537 g/mol. The summed E-state index contributed by atoms with van der Waals surface area (Å²) in [5, 5.41) is 0.944. The second kappa shape index (κ2) is 12.1. The van der Waals surface area contributed by atoms with E-state index in [0.29, 0.717) is 23.7 Å². The van der Waals surface area contributed by atoms with E-state index in [1.807, 2.05) is 12.1 Å². The maximum Gasteiger partial charge on any atom is 0.337 e. The first-order valence-corrected chi connectivity index (χ1v) is 14.9. The van der Waals surface area contributed by atoms with Crippen LogP contribution in [0, 0.1) is 6.92 Å². The molecule has 3 fully saturated rings. The lowest BCUT2D eigenvalue weighted by molar-refractivity contribution is 0.0600. The van der Waals surface area contributed by atoms with Crippen LogP contribution in [0.15, 0.2) is 46.3 Å². The summed E-state index contributed by atoms with van der Waals surface area (Å²) in [5.41, 5.74) is 2.85. The Kier molecular flexibility index (Phi) is 8.58. The second-order valence-electron chi connectivity index (χ2n) is 11.0. The highest BCUT2D eigenvalue weighted by molar-refractivity contribution is 7.99. The molecule has 8 heteroatoms. The zero-order valence-electron chi connectivity index (χ0n) is 22.9. The van der Waals surface area contributed by atoms with Crippen LogP contribution < -0.4 is 0 Å². The van der Waals surface area contributed by atoms with E-state index < -0.39 is 0 Å². The first kappa shape index (κ1) is 27.0. The summed E-state index contributed by atoms with van der Waals surface area (Å²) in [6, 6.07) is 13.1. The largest absolute Gasteiger partial charge is 0.465 e. The fraction of sp³-hybridized carbons (Fsp3) is 0.567. The molecule has 38 heavy (non-hydrogen) atoms. The molecule has 1 saturated carbocycles. The number of methoxy groups -OCH3 is 1. The molecule has 2 aromatic rings. The molecular formula is C30H40N4O3S. The summed E-state index contributed by atoms with van der Waals surface area (Å²) in [4.78, 5) is 37.8. The summed E-state index contributed by atoms with van der Waals surface area (Å²) in [6.45, 7) is 8.11. The van der Waals surface area contributed by atoms with Crippen molar-refractivity contribution < 1.29 is 14.3 Å². The van der Waals surface area contributed by atoms with Gasteiger partial charge in [-0.05, 0) is 75.4 Å². The van der Waals surface area contributed by atoms with Gasteiger partial charge >= 0.3 is 12.0 Å². The zero-order chi connectivity index (χ0) is 26.6. The van der Waals surface area contributed by atoms with Gasteiger partial charge in [-0.2, -0.15) is 0 Å². The summed E-state index contributed by atoms with van der Waals surface area (Å²) < 4.78 is 4.77. The number of pyridine rings is 1. The molecule has 5 rings (SSSR count). The van der Waals surface area contributed by atoms with E-state index in [4.69, 9.17) is 9.72 Å². The number of urea groups is 1. The van der Waals surface area contributed by atoms with Crippen molar-refractivity contribution in [2.45, 2.75) is 93.4 Å². The molecule has 7 nitrogen and oxygen atoms in total. The Hall–Kier alpha value is -2.58. The maximum atomic E-state index is 13.4. The number of ether oxygens (including phenoxy) is 1. The summed E-state index contributed by atoms with van der Waals surface area (Å²) in [6.07, 6.45) is 8.28. The van der Waals surface area contributed by atoms with Gasteiger partial charge in [-0.3, -0.25) is 4.90 Å². The number of rotatable bonds is 7. The van der Waals surface area contributed by atoms with Gasteiger partial charge < -0.3 is 14.5 Å². The molecule has 1 aromatic heterocycles. The lowest BCUT2D eigenvalue weighted by atomic mass is 9.94. The van der Waals surface area contributed by atoms with Crippen molar-refractivity contribution in [3.05, 3.63) is 53.2 Å². The van der Waals surface area contributed by atoms with Crippen LogP contribution in [0.1, 0.15) is 73.5 Å². The van der Waals surface area contributed by atoms with Crippen LogP contribution in [0.4, 0.5) is 4.79 Å². The number of hydrogen-bond acceptors (Lipinski definition) is 6. The van der Waals surface area contributed by atoms with Gasteiger partial charge in [0.1, 0.15) is 5.03 Å². The summed E-state index contributed by atoms with van der Waals surface area (Å²) in [5.74, 6) is -0.327. The Morgan fingerprint density at radius 2 is 1.71 bits per heavy atom. The number of aromatic nitrogens is 1. The quantitative estimate of drug-likeness (QED) is 0.420. The number of aryl methyl sites for hydroxylation is 1. The standard InChI is InChI=1S/C30H40N4O3S/c1-21-19-33(25-7-5-4-6-8-25)30(36)34(21)26-15-17-32(18-16-26)20-24-11-14-28(31-22(24)2)38-27-12-9-23(10-13-27)29(35)37-3/h9-14,21,25-26H,4-8,15-20H2,1-3H3. The van der Waals surface area contributed by atoms with Crippen LogP contribution >= 0.6 is 11.8 Å². The molecule has 2 amide bonds. The molecule has 0 spiro atoms. The van der Waals surface area contributed by atoms with E-state index in [9.17, 15) is 9.59 Å². The fourth-order valence-electron chi connectivity index (χ4n) is 6.29. The highest BCUT2D eigenvalue weighted by Gasteiger charge is 2.42. The number of esters is 1. The molecule has 2 saturated heterocycles. The molecule has 204 valence electrons. The maximum absolute atomic E-state index is 13.4. The predicted molar refractivity (Wildman–Crippen MR) is 149 cm³/mol. The van der Waals surface area contributed by atoms with Crippen molar-refractivity contribution >= 4 is 23.8 Å². The monoisotopic (exact) mass is 536 g/mol. The minimum Gasteiger partial charge on any atom is -0.465 e. The molecule has 3 heterocycles. The lowest BCUT2D eigenvalue weighted by Gasteiger charge is -2.38. The SMILES string of the molecule is COC(=O)c1ccc(Sc2ccc(CN3CCC(N4C(=O)N(C5CCCCC5)CC4C)CC3)c(C)n2)cc1. The number of likely N-dealkylation sites (tertiary alicyclic amines) is 1. The molecule has 2 aliphatic heterocycles. The summed E-state index contributed by atoms with van der Waals surface area (Å²) in [7, 11) is 1.39. The van der Waals surface area contributed by atoms with Gasteiger partial charge in [-0.1, -0.05) is 37.1 Å². The number of piperidine rings is 1. The van der Waals surface area contributed by atoms with Crippen molar-refractivity contribution in [3.8, 4) is 0 Å². The second-order valence-corrected chi connectivity index (χ2v) is 12.1. The van der Waals surface area contributed by atoms with Crippen LogP contribution in [0.3, 0.4) is 0 Å². The Morgan fingerprint density at radius 3 is 2.37 bits per heavy atom.